The van der Waals surface area contributed by atoms with Crippen molar-refractivity contribution in [3.8, 4) is 0 Å². The lowest BCUT2D eigenvalue weighted by Crippen LogP contribution is -2.33. The van der Waals surface area contributed by atoms with Gasteiger partial charge in [0.2, 0.25) is 0 Å². The number of nitrogens with one attached hydrogen (secondary N) is 1. The molecule has 4 nitrogen and oxygen atoms in total. The zero-order chi connectivity index (χ0) is 12.1. The average molecular weight is 242 g/mol. The molecular weight excluding hydrogens is 216 g/mol. The number of hydrogen-bond acceptors (Lipinski definition) is 4. The van der Waals surface area contributed by atoms with E-state index < -0.39 is 0 Å². The van der Waals surface area contributed by atoms with Crippen LogP contribution in [0.5, 0.6) is 0 Å². The van der Waals surface area contributed by atoms with Gasteiger partial charge in [-0.05, 0) is 37.5 Å². The van der Waals surface area contributed by atoms with Gasteiger partial charge in [0.1, 0.15) is 0 Å². The second-order valence-corrected chi connectivity index (χ2v) is 5.57. The zero-order valence-electron chi connectivity index (χ0n) is 10.9. The van der Waals surface area contributed by atoms with Crippen molar-refractivity contribution in [3.05, 3.63) is 0 Å². The standard InChI is InChI=1S/C13H26N2O2/c1-16-7-6-13(4-5-13)10-15-9-12-3-2-11(8-14)17-12/h11-12,15H,2-10,14H2,1H3. The molecule has 0 aromatic heterocycles. The molecule has 0 radical (unpaired) electrons. The van der Waals surface area contributed by atoms with E-state index in [1.54, 1.807) is 7.11 Å². The molecule has 3 N–H and O–H groups in total. The van der Waals surface area contributed by atoms with Crippen molar-refractivity contribution in [3.63, 3.8) is 0 Å². The van der Waals surface area contributed by atoms with Crippen LogP contribution >= 0.6 is 0 Å². The van der Waals surface area contributed by atoms with Gasteiger partial charge in [0, 0.05) is 33.4 Å². The van der Waals surface area contributed by atoms with Gasteiger partial charge >= 0.3 is 0 Å². The number of ether oxygens (including phenoxy) is 2. The van der Waals surface area contributed by atoms with Gasteiger partial charge in [0.05, 0.1) is 12.2 Å². The molecule has 0 aromatic rings. The summed E-state index contributed by atoms with van der Waals surface area (Å²) in [6.45, 7) is 3.64. The van der Waals surface area contributed by atoms with Crippen LogP contribution in [-0.2, 0) is 9.47 Å². The summed E-state index contributed by atoms with van der Waals surface area (Å²) in [6.07, 6.45) is 6.83. The van der Waals surface area contributed by atoms with Gasteiger partial charge in [0.25, 0.3) is 0 Å². The molecule has 0 bridgehead atoms. The van der Waals surface area contributed by atoms with E-state index in [-0.39, 0.29) is 0 Å². The maximum absolute atomic E-state index is 5.81. The summed E-state index contributed by atoms with van der Waals surface area (Å²) in [5.74, 6) is 0. The van der Waals surface area contributed by atoms with Crippen LogP contribution in [0.15, 0.2) is 0 Å². The molecule has 1 saturated carbocycles. The summed E-state index contributed by atoms with van der Waals surface area (Å²) in [4.78, 5) is 0. The molecule has 2 unspecified atom stereocenters. The van der Waals surface area contributed by atoms with Crippen LogP contribution in [0.4, 0.5) is 0 Å². The van der Waals surface area contributed by atoms with Crippen LogP contribution in [0.1, 0.15) is 32.1 Å². The van der Waals surface area contributed by atoms with Crippen LogP contribution in [-0.4, -0.2) is 45.6 Å². The third-order valence-corrected chi connectivity index (χ3v) is 4.12. The number of nitrogens with two attached hydrogens (primary N) is 1. The molecule has 100 valence electrons. The smallest absolute Gasteiger partial charge is 0.0704 e. The normalized spacial score (nSPS) is 30.7. The summed E-state index contributed by atoms with van der Waals surface area (Å²) in [6, 6.07) is 0. The minimum absolute atomic E-state index is 0.296. The quantitative estimate of drug-likeness (QED) is 0.664. The van der Waals surface area contributed by atoms with E-state index in [9.17, 15) is 0 Å². The van der Waals surface area contributed by atoms with Crippen molar-refractivity contribution in [2.75, 3.05) is 33.4 Å². The fraction of sp³-hybridized carbons (Fsp3) is 1.00. The van der Waals surface area contributed by atoms with Gasteiger partial charge in [-0.2, -0.15) is 0 Å². The maximum Gasteiger partial charge on any atom is 0.0704 e. The molecule has 2 rings (SSSR count). The Balaban J connectivity index is 1.57. The Kier molecular flexibility index (Phi) is 4.79. The Hall–Kier alpha value is -0.160. The molecule has 2 atom stereocenters. The second-order valence-electron chi connectivity index (χ2n) is 5.57. The predicted molar refractivity (Wildman–Crippen MR) is 68.0 cm³/mol. The molecule has 0 aromatic carbocycles. The molecule has 1 saturated heterocycles. The third kappa shape index (κ3) is 3.91. The number of rotatable bonds is 8. The van der Waals surface area contributed by atoms with Gasteiger partial charge in [0.15, 0.2) is 0 Å². The van der Waals surface area contributed by atoms with Crippen LogP contribution in [0.25, 0.3) is 0 Å². The Morgan fingerprint density at radius 1 is 1.35 bits per heavy atom. The van der Waals surface area contributed by atoms with Crippen molar-refractivity contribution in [2.45, 2.75) is 44.3 Å². The highest BCUT2D eigenvalue weighted by Crippen LogP contribution is 2.48. The lowest BCUT2D eigenvalue weighted by atomic mass is 10.0. The first-order valence-electron chi connectivity index (χ1n) is 6.83. The maximum atomic E-state index is 5.81. The Bertz CT molecular complexity index is 231. The molecular formula is C13H26N2O2. The Morgan fingerprint density at radius 3 is 2.71 bits per heavy atom. The highest BCUT2D eigenvalue weighted by molar-refractivity contribution is 4.94. The lowest BCUT2D eigenvalue weighted by Gasteiger charge is -2.18. The summed E-state index contributed by atoms with van der Waals surface area (Å²) >= 11 is 0. The molecule has 1 aliphatic heterocycles. The lowest BCUT2D eigenvalue weighted by molar-refractivity contribution is 0.0495. The predicted octanol–water partition coefficient (Wildman–Crippen LogP) is 0.899. The first-order chi connectivity index (χ1) is 8.28. The first kappa shape index (κ1) is 13.3. The van der Waals surface area contributed by atoms with E-state index in [0.29, 0.717) is 24.2 Å². The fourth-order valence-electron chi connectivity index (χ4n) is 2.61. The molecule has 1 heterocycles. The van der Waals surface area contributed by atoms with Gasteiger partial charge in [-0.3, -0.25) is 0 Å². The van der Waals surface area contributed by atoms with E-state index in [1.165, 1.54) is 19.3 Å². The van der Waals surface area contributed by atoms with Crippen LogP contribution in [0.2, 0.25) is 0 Å². The van der Waals surface area contributed by atoms with Gasteiger partial charge < -0.3 is 20.5 Å². The van der Waals surface area contributed by atoms with Crippen LogP contribution in [0, 0.1) is 5.41 Å². The molecule has 0 spiro atoms. The monoisotopic (exact) mass is 242 g/mol. The van der Waals surface area contributed by atoms with Crippen LogP contribution in [0.3, 0.4) is 0 Å². The molecule has 2 aliphatic rings. The summed E-state index contributed by atoms with van der Waals surface area (Å²) in [5, 5.41) is 3.56. The van der Waals surface area contributed by atoms with Crippen molar-refractivity contribution in [1.82, 2.24) is 5.32 Å². The SMILES string of the molecule is COCCC1(CNCC2CCC(CN)O2)CC1. The minimum Gasteiger partial charge on any atom is -0.385 e. The van der Waals surface area contributed by atoms with Crippen molar-refractivity contribution in [2.24, 2.45) is 11.1 Å². The van der Waals surface area contributed by atoms with E-state index >= 15 is 0 Å². The molecule has 0 amide bonds. The summed E-state index contributed by atoms with van der Waals surface area (Å²) < 4.78 is 11.0. The first-order valence-corrected chi connectivity index (χ1v) is 6.83. The second kappa shape index (κ2) is 6.14. The number of methoxy groups -OCH3 is 1. The Labute approximate surface area is 104 Å². The van der Waals surface area contributed by atoms with Crippen molar-refractivity contribution >= 4 is 0 Å². The van der Waals surface area contributed by atoms with Crippen LogP contribution < -0.4 is 11.1 Å². The third-order valence-electron chi connectivity index (χ3n) is 4.12. The van der Waals surface area contributed by atoms with E-state index in [4.69, 9.17) is 15.2 Å². The van der Waals surface area contributed by atoms with E-state index in [0.717, 1.165) is 32.5 Å². The van der Waals surface area contributed by atoms with Crippen molar-refractivity contribution < 1.29 is 9.47 Å². The molecule has 1 aliphatic carbocycles. The van der Waals surface area contributed by atoms with Gasteiger partial charge in [-0.1, -0.05) is 0 Å². The minimum atomic E-state index is 0.296. The fourth-order valence-corrected chi connectivity index (χ4v) is 2.61. The zero-order valence-corrected chi connectivity index (χ0v) is 10.9. The molecule has 17 heavy (non-hydrogen) atoms. The topological polar surface area (TPSA) is 56.5 Å². The highest BCUT2D eigenvalue weighted by Gasteiger charge is 2.41. The molecule has 2 fully saturated rings. The summed E-state index contributed by atoms with van der Waals surface area (Å²) in [7, 11) is 1.78. The highest BCUT2D eigenvalue weighted by atomic mass is 16.5. The Morgan fingerprint density at radius 2 is 2.12 bits per heavy atom. The van der Waals surface area contributed by atoms with Gasteiger partial charge in [-0.25, -0.2) is 0 Å². The molecule has 4 heteroatoms. The largest absolute Gasteiger partial charge is 0.385 e. The van der Waals surface area contributed by atoms with E-state index in [2.05, 4.69) is 5.32 Å². The summed E-state index contributed by atoms with van der Waals surface area (Å²) in [5.41, 5.74) is 6.13. The average Bonchev–Trinajstić information content (AvgIpc) is 2.96. The van der Waals surface area contributed by atoms with Gasteiger partial charge in [-0.15, -0.1) is 0 Å². The van der Waals surface area contributed by atoms with E-state index in [1.807, 2.05) is 0 Å². The number of hydrogen-bond donors (Lipinski definition) is 2. The van der Waals surface area contributed by atoms with Crippen molar-refractivity contribution in [1.29, 1.82) is 0 Å².